The van der Waals surface area contributed by atoms with Gasteiger partial charge in [-0.15, -0.1) is 24.0 Å². The third kappa shape index (κ3) is 6.62. The Bertz CT molecular complexity index is 731. The molecule has 148 valence electrons. The van der Waals surface area contributed by atoms with Crippen molar-refractivity contribution in [2.24, 2.45) is 4.99 Å². The highest BCUT2D eigenvalue weighted by Crippen LogP contribution is 2.16. The molecule has 1 saturated heterocycles. The van der Waals surface area contributed by atoms with Gasteiger partial charge in [-0.2, -0.15) is 0 Å². The quantitative estimate of drug-likeness (QED) is 0.377. The topological polar surface area (TPSA) is 48.9 Å². The number of guanidine groups is 1. The SMILES string of the molecule is CCNC(=NCc1ccc2ccccc2c1)NCC(C)N1CCOCC1.I. The highest BCUT2D eigenvalue weighted by atomic mass is 127. The molecule has 0 radical (unpaired) electrons. The summed E-state index contributed by atoms with van der Waals surface area (Å²) in [6.45, 7) is 10.4. The number of benzene rings is 2. The minimum absolute atomic E-state index is 0. The van der Waals surface area contributed by atoms with Crippen molar-refractivity contribution >= 4 is 40.7 Å². The fraction of sp³-hybridized carbons (Fsp3) is 0.476. The van der Waals surface area contributed by atoms with Crippen molar-refractivity contribution in [1.82, 2.24) is 15.5 Å². The zero-order valence-corrected chi connectivity index (χ0v) is 18.6. The van der Waals surface area contributed by atoms with E-state index in [9.17, 15) is 0 Å². The minimum atomic E-state index is 0. The first-order valence-corrected chi connectivity index (χ1v) is 9.58. The average molecular weight is 482 g/mol. The van der Waals surface area contributed by atoms with Gasteiger partial charge in [0.1, 0.15) is 0 Å². The first-order valence-electron chi connectivity index (χ1n) is 9.58. The van der Waals surface area contributed by atoms with E-state index in [1.807, 2.05) is 0 Å². The number of hydrogen-bond donors (Lipinski definition) is 2. The van der Waals surface area contributed by atoms with Gasteiger partial charge in [-0.3, -0.25) is 4.90 Å². The Labute approximate surface area is 179 Å². The number of halogens is 1. The molecule has 0 saturated carbocycles. The van der Waals surface area contributed by atoms with E-state index in [0.29, 0.717) is 12.6 Å². The van der Waals surface area contributed by atoms with Crippen molar-refractivity contribution in [3.63, 3.8) is 0 Å². The lowest BCUT2D eigenvalue weighted by Gasteiger charge is -2.32. The maximum absolute atomic E-state index is 5.43. The van der Waals surface area contributed by atoms with Gasteiger partial charge in [-0.1, -0.05) is 36.4 Å². The van der Waals surface area contributed by atoms with Gasteiger partial charge in [-0.25, -0.2) is 4.99 Å². The number of nitrogens with zero attached hydrogens (tertiary/aromatic N) is 2. The van der Waals surface area contributed by atoms with Crippen LogP contribution in [0.1, 0.15) is 19.4 Å². The molecule has 1 aliphatic heterocycles. The van der Waals surface area contributed by atoms with E-state index in [2.05, 4.69) is 71.8 Å². The maximum Gasteiger partial charge on any atom is 0.191 e. The Morgan fingerprint density at radius 1 is 1.11 bits per heavy atom. The van der Waals surface area contributed by atoms with Gasteiger partial charge in [0, 0.05) is 32.2 Å². The molecule has 5 nitrogen and oxygen atoms in total. The molecule has 1 heterocycles. The molecule has 2 N–H and O–H groups in total. The molecule has 2 aromatic rings. The molecule has 1 unspecified atom stereocenters. The van der Waals surface area contributed by atoms with Gasteiger partial charge in [0.15, 0.2) is 5.96 Å². The van der Waals surface area contributed by atoms with Crippen LogP contribution in [0.4, 0.5) is 0 Å². The Morgan fingerprint density at radius 2 is 1.85 bits per heavy atom. The molecular weight excluding hydrogens is 451 g/mol. The molecule has 0 amide bonds. The summed E-state index contributed by atoms with van der Waals surface area (Å²) in [6.07, 6.45) is 0. The highest BCUT2D eigenvalue weighted by Gasteiger charge is 2.16. The normalized spacial score (nSPS) is 16.6. The molecule has 27 heavy (non-hydrogen) atoms. The standard InChI is InChI=1S/C21H30N4O.HI/c1-3-22-21(23-15-17(2)25-10-12-26-13-11-25)24-16-18-8-9-19-6-4-5-7-20(19)14-18;/h4-9,14,17H,3,10-13,15-16H2,1-2H3,(H2,22,23,24);1H. The van der Waals surface area contributed by atoms with Crippen LogP contribution in [0.25, 0.3) is 10.8 Å². The van der Waals surface area contributed by atoms with Gasteiger partial charge >= 0.3 is 0 Å². The summed E-state index contributed by atoms with van der Waals surface area (Å²) in [7, 11) is 0. The molecule has 1 atom stereocenters. The van der Waals surface area contributed by atoms with Crippen LogP contribution in [-0.2, 0) is 11.3 Å². The molecule has 0 spiro atoms. The molecule has 1 aliphatic rings. The van der Waals surface area contributed by atoms with Crippen molar-refractivity contribution in [3.05, 3.63) is 48.0 Å². The largest absolute Gasteiger partial charge is 0.379 e. The number of ether oxygens (including phenoxy) is 1. The molecular formula is C21H31IN4O. The predicted molar refractivity (Wildman–Crippen MR) is 124 cm³/mol. The number of hydrogen-bond acceptors (Lipinski definition) is 3. The summed E-state index contributed by atoms with van der Waals surface area (Å²) >= 11 is 0. The highest BCUT2D eigenvalue weighted by molar-refractivity contribution is 14.0. The van der Waals surface area contributed by atoms with E-state index < -0.39 is 0 Å². The van der Waals surface area contributed by atoms with E-state index in [1.165, 1.54) is 16.3 Å². The van der Waals surface area contributed by atoms with E-state index in [0.717, 1.165) is 45.4 Å². The summed E-state index contributed by atoms with van der Waals surface area (Å²) in [6, 6.07) is 15.4. The second-order valence-electron chi connectivity index (χ2n) is 6.75. The van der Waals surface area contributed by atoms with Crippen molar-refractivity contribution < 1.29 is 4.74 Å². The van der Waals surface area contributed by atoms with Crippen LogP contribution in [-0.4, -0.2) is 56.3 Å². The van der Waals surface area contributed by atoms with Crippen LogP contribution in [0.3, 0.4) is 0 Å². The summed E-state index contributed by atoms with van der Waals surface area (Å²) < 4.78 is 5.43. The fourth-order valence-corrected chi connectivity index (χ4v) is 3.24. The molecule has 3 rings (SSSR count). The molecule has 6 heteroatoms. The Hall–Kier alpha value is -1.38. The second kappa shape index (κ2) is 11.5. The lowest BCUT2D eigenvalue weighted by molar-refractivity contribution is 0.0211. The lowest BCUT2D eigenvalue weighted by atomic mass is 10.1. The van der Waals surface area contributed by atoms with E-state index in [1.54, 1.807) is 0 Å². The average Bonchev–Trinajstić information content (AvgIpc) is 2.70. The van der Waals surface area contributed by atoms with Crippen molar-refractivity contribution in [1.29, 1.82) is 0 Å². The van der Waals surface area contributed by atoms with Crippen LogP contribution in [0.5, 0.6) is 0 Å². The van der Waals surface area contributed by atoms with Gasteiger partial charge in [0.25, 0.3) is 0 Å². The Morgan fingerprint density at radius 3 is 2.59 bits per heavy atom. The maximum atomic E-state index is 5.43. The van der Waals surface area contributed by atoms with Crippen molar-refractivity contribution in [2.45, 2.75) is 26.4 Å². The van der Waals surface area contributed by atoms with Crippen LogP contribution >= 0.6 is 24.0 Å². The number of rotatable bonds is 6. The predicted octanol–water partition coefficient (Wildman–Crippen LogP) is 3.23. The molecule has 0 aromatic heterocycles. The Kier molecular flexibility index (Phi) is 9.30. The third-order valence-electron chi connectivity index (χ3n) is 4.81. The van der Waals surface area contributed by atoms with Gasteiger partial charge < -0.3 is 15.4 Å². The molecule has 0 bridgehead atoms. The van der Waals surface area contributed by atoms with Crippen molar-refractivity contribution in [2.75, 3.05) is 39.4 Å². The van der Waals surface area contributed by atoms with E-state index in [4.69, 9.17) is 9.73 Å². The minimum Gasteiger partial charge on any atom is -0.379 e. The summed E-state index contributed by atoms with van der Waals surface area (Å²) in [5, 5.41) is 9.36. The van der Waals surface area contributed by atoms with Crippen LogP contribution in [0.15, 0.2) is 47.5 Å². The zero-order valence-electron chi connectivity index (χ0n) is 16.3. The van der Waals surface area contributed by atoms with Crippen LogP contribution in [0, 0.1) is 0 Å². The lowest BCUT2D eigenvalue weighted by Crippen LogP contribution is -2.49. The first kappa shape index (κ1) is 21.9. The number of aliphatic imine (C=N–C) groups is 1. The number of nitrogens with one attached hydrogen (secondary N) is 2. The fourth-order valence-electron chi connectivity index (χ4n) is 3.24. The Balaban J connectivity index is 0.00000261. The van der Waals surface area contributed by atoms with Gasteiger partial charge in [0.2, 0.25) is 0 Å². The third-order valence-corrected chi connectivity index (χ3v) is 4.81. The summed E-state index contributed by atoms with van der Waals surface area (Å²) in [4.78, 5) is 7.22. The second-order valence-corrected chi connectivity index (χ2v) is 6.75. The van der Waals surface area contributed by atoms with Gasteiger partial charge in [-0.05, 0) is 36.2 Å². The van der Waals surface area contributed by atoms with Crippen LogP contribution < -0.4 is 10.6 Å². The first-order chi connectivity index (χ1) is 12.8. The zero-order chi connectivity index (χ0) is 18.2. The number of morpholine rings is 1. The molecule has 2 aromatic carbocycles. The van der Waals surface area contributed by atoms with E-state index in [-0.39, 0.29) is 24.0 Å². The number of fused-ring (bicyclic) bond motifs is 1. The van der Waals surface area contributed by atoms with Crippen molar-refractivity contribution in [3.8, 4) is 0 Å². The smallest absolute Gasteiger partial charge is 0.191 e. The van der Waals surface area contributed by atoms with E-state index >= 15 is 0 Å². The molecule has 1 fully saturated rings. The summed E-state index contributed by atoms with van der Waals surface area (Å²) in [5.74, 6) is 0.876. The van der Waals surface area contributed by atoms with Crippen LogP contribution in [0.2, 0.25) is 0 Å². The monoisotopic (exact) mass is 482 g/mol. The van der Waals surface area contributed by atoms with Gasteiger partial charge in [0.05, 0.1) is 19.8 Å². The summed E-state index contributed by atoms with van der Waals surface area (Å²) in [5.41, 5.74) is 1.22. The molecule has 0 aliphatic carbocycles.